The summed E-state index contributed by atoms with van der Waals surface area (Å²) in [6, 6.07) is 17.4. The van der Waals surface area contributed by atoms with Gasteiger partial charge in [0.2, 0.25) is 0 Å². The van der Waals surface area contributed by atoms with Crippen molar-refractivity contribution in [2.45, 2.75) is 18.5 Å². The normalized spacial score (nSPS) is 16.3. The van der Waals surface area contributed by atoms with Crippen molar-refractivity contribution in [1.82, 2.24) is 9.88 Å². The van der Waals surface area contributed by atoms with Crippen LogP contribution in [0.2, 0.25) is 0 Å². The molecule has 0 aliphatic carbocycles. The third kappa shape index (κ3) is 2.82. The van der Waals surface area contributed by atoms with Crippen LogP contribution in [0.5, 0.6) is 0 Å². The van der Waals surface area contributed by atoms with E-state index in [0.717, 1.165) is 0 Å². The first-order valence-electron chi connectivity index (χ1n) is 9.40. The molecule has 5 rings (SSSR count). The average Bonchev–Trinajstić information content (AvgIpc) is 3.25. The minimum Gasteiger partial charge on any atom is -0.408 e. The molecule has 0 saturated carbocycles. The van der Waals surface area contributed by atoms with Gasteiger partial charge in [0.15, 0.2) is 5.58 Å². The highest BCUT2D eigenvalue weighted by atomic mass is 19.3. The molecular formula is C23H16F2N2O3. The number of fused-ring (bicyclic) bond motifs is 2. The van der Waals surface area contributed by atoms with Crippen LogP contribution in [-0.2, 0) is 12.5 Å². The van der Waals surface area contributed by atoms with Gasteiger partial charge in [-0.25, -0.2) is 4.79 Å². The summed E-state index contributed by atoms with van der Waals surface area (Å²) in [5.41, 5.74) is 1.81. The zero-order chi connectivity index (χ0) is 20.9. The Morgan fingerprint density at radius 2 is 1.70 bits per heavy atom. The van der Waals surface area contributed by atoms with E-state index < -0.39 is 23.6 Å². The molecule has 150 valence electrons. The number of halogens is 2. The molecule has 0 saturated heterocycles. The fourth-order valence-corrected chi connectivity index (χ4v) is 4.03. The summed E-state index contributed by atoms with van der Waals surface area (Å²) in [7, 11) is 0. The molecule has 1 amide bonds. The van der Waals surface area contributed by atoms with Crippen molar-refractivity contribution in [3.8, 4) is 0 Å². The maximum Gasteiger partial charge on any atom is 0.417 e. The standard InChI is InChI=1S/C23H16F2N2O3/c24-23(25,15-6-2-1-3-7-15)20-16-8-4-5-9-17(16)21(28)27(20)13-14-10-11-18-19(12-14)30-22(29)26-18/h1-12,20H,13H2,(H,26,29). The van der Waals surface area contributed by atoms with E-state index in [0.29, 0.717) is 22.2 Å². The van der Waals surface area contributed by atoms with Gasteiger partial charge in [-0.3, -0.25) is 9.78 Å². The van der Waals surface area contributed by atoms with Gasteiger partial charge in [-0.15, -0.1) is 0 Å². The van der Waals surface area contributed by atoms with E-state index in [1.165, 1.54) is 17.0 Å². The van der Waals surface area contributed by atoms with Crippen LogP contribution in [0, 0.1) is 0 Å². The Morgan fingerprint density at radius 3 is 2.50 bits per heavy atom. The maximum atomic E-state index is 15.7. The van der Waals surface area contributed by atoms with Crippen molar-refractivity contribution in [3.63, 3.8) is 0 Å². The van der Waals surface area contributed by atoms with Gasteiger partial charge in [-0.2, -0.15) is 8.78 Å². The van der Waals surface area contributed by atoms with E-state index in [1.54, 1.807) is 60.7 Å². The quantitative estimate of drug-likeness (QED) is 0.538. The molecule has 0 fully saturated rings. The highest BCUT2D eigenvalue weighted by molar-refractivity contribution is 5.99. The van der Waals surface area contributed by atoms with Crippen LogP contribution >= 0.6 is 0 Å². The number of hydrogen-bond donors (Lipinski definition) is 1. The molecule has 0 radical (unpaired) electrons. The SMILES string of the molecule is O=C1c2ccccc2C(C(F)(F)c2ccccc2)N1Cc1ccc2[nH]c(=O)oc2c1. The molecular weight excluding hydrogens is 390 g/mol. The summed E-state index contributed by atoms with van der Waals surface area (Å²) < 4.78 is 36.4. The summed E-state index contributed by atoms with van der Waals surface area (Å²) in [6.07, 6.45) is 0. The summed E-state index contributed by atoms with van der Waals surface area (Å²) in [6.45, 7) is -0.0502. The van der Waals surface area contributed by atoms with Crippen molar-refractivity contribution in [1.29, 1.82) is 0 Å². The van der Waals surface area contributed by atoms with Crippen LogP contribution < -0.4 is 5.76 Å². The molecule has 1 atom stereocenters. The first-order chi connectivity index (χ1) is 14.4. The Kier molecular flexibility index (Phi) is 4.06. The van der Waals surface area contributed by atoms with Crippen molar-refractivity contribution >= 4 is 17.0 Å². The van der Waals surface area contributed by atoms with Crippen LogP contribution in [0.4, 0.5) is 8.78 Å². The molecule has 1 unspecified atom stereocenters. The highest BCUT2D eigenvalue weighted by Gasteiger charge is 2.52. The number of benzene rings is 3. The summed E-state index contributed by atoms with van der Waals surface area (Å²) in [4.78, 5) is 28.2. The predicted octanol–water partition coefficient (Wildman–Crippen LogP) is 4.61. The first-order valence-corrected chi connectivity index (χ1v) is 9.40. The third-order valence-electron chi connectivity index (χ3n) is 5.40. The van der Waals surface area contributed by atoms with Crippen molar-refractivity contribution in [2.75, 3.05) is 0 Å². The van der Waals surface area contributed by atoms with E-state index in [9.17, 15) is 9.59 Å². The Hall–Kier alpha value is -3.74. The zero-order valence-electron chi connectivity index (χ0n) is 15.6. The summed E-state index contributed by atoms with van der Waals surface area (Å²) in [5.74, 6) is -4.35. The minimum atomic E-state index is -3.30. The molecule has 30 heavy (non-hydrogen) atoms. The van der Waals surface area contributed by atoms with Crippen molar-refractivity contribution in [3.05, 3.63) is 106 Å². The van der Waals surface area contributed by atoms with Crippen molar-refractivity contribution < 1.29 is 18.0 Å². The first kappa shape index (κ1) is 18.3. The molecule has 1 aromatic heterocycles. The lowest BCUT2D eigenvalue weighted by molar-refractivity contribution is -0.0788. The lowest BCUT2D eigenvalue weighted by Gasteiger charge is -2.32. The molecule has 0 spiro atoms. The van der Waals surface area contributed by atoms with Crippen molar-refractivity contribution in [2.24, 2.45) is 0 Å². The molecule has 1 aliphatic rings. The zero-order valence-corrected chi connectivity index (χ0v) is 15.6. The van der Waals surface area contributed by atoms with Crippen LogP contribution in [0.25, 0.3) is 11.1 Å². The number of hydrogen-bond acceptors (Lipinski definition) is 3. The van der Waals surface area contributed by atoms with E-state index in [-0.39, 0.29) is 17.7 Å². The molecule has 1 N–H and O–H groups in total. The monoisotopic (exact) mass is 406 g/mol. The molecule has 3 aromatic carbocycles. The second-order valence-electron chi connectivity index (χ2n) is 7.26. The van der Waals surface area contributed by atoms with Crippen LogP contribution in [0.3, 0.4) is 0 Å². The Morgan fingerprint density at radius 1 is 0.967 bits per heavy atom. The van der Waals surface area contributed by atoms with Gasteiger partial charge in [0.1, 0.15) is 6.04 Å². The van der Waals surface area contributed by atoms with Gasteiger partial charge < -0.3 is 9.32 Å². The summed E-state index contributed by atoms with van der Waals surface area (Å²) >= 11 is 0. The number of oxazole rings is 1. The molecule has 5 nitrogen and oxygen atoms in total. The predicted molar refractivity (Wildman–Crippen MR) is 106 cm³/mol. The lowest BCUT2D eigenvalue weighted by atomic mass is 9.94. The van der Waals surface area contributed by atoms with E-state index in [2.05, 4.69) is 4.98 Å². The van der Waals surface area contributed by atoms with E-state index >= 15 is 8.78 Å². The van der Waals surface area contributed by atoms with Crippen LogP contribution in [0.15, 0.2) is 82.0 Å². The number of carbonyl (C=O) groups excluding carboxylic acids is 1. The maximum absolute atomic E-state index is 15.7. The number of nitrogens with zero attached hydrogens (tertiary/aromatic N) is 1. The van der Waals surface area contributed by atoms with Gasteiger partial charge in [-0.1, -0.05) is 54.6 Å². The largest absolute Gasteiger partial charge is 0.417 e. The number of amides is 1. The number of aromatic nitrogens is 1. The number of alkyl halides is 2. The number of aromatic amines is 1. The second-order valence-corrected chi connectivity index (χ2v) is 7.26. The smallest absolute Gasteiger partial charge is 0.408 e. The van der Waals surface area contributed by atoms with E-state index in [4.69, 9.17) is 4.42 Å². The number of rotatable bonds is 4. The molecule has 2 heterocycles. The van der Waals surface area contributed by atoms with Gasteiger partial charge >= 0.3 is 5.76 Å². The molecule has 4 aromatic rings. The minimum absolute atomic E-state index is 0.0502. The lowest BCUT2D eigenvalue weighted by Crippen LogP contribution is -2.37. The van der Waals surface area contributed by atoms with Gasteiger partial charge in [0.25, 0.3) is 11.8 Å². The Labute approximate surface area is 169 Å². The van der Waals surface area contributed by atoms with Crippen LogP contribution in [0.1, 0.15) is 33.1 Å². The highest BCUT2D eigenvalue weighted by Crippen LogP contribution is 2.49. The van der Waals surface area contributed by atoms with Gasteiger partial charge in [0.05, 0.1) is 5.52 Å². The average molecular weight is 406 g/mol. The molecule has 1 aliphatic heterocycles. The van der Waals surface area contributed by atoms with E-state index in [1.807, 2.05) is 0 Å². The Balaban J connectivity index is 1.59. The topological polar surface area (TPSA) is 66.3 Å². The Bertz CT molecular complexity index is 1310. The molecule has 0 bridgehead atoms. The number of carbonyl (C=O) groups is 1. The van der Waals surface area contributed by atoms with Crippen LogP contribution in [-0.4, -0.2) is 15.8 Å². The third-order valence-corrected chi connectivity index (χ3v) is 5.40. The molecule has 7 heteroatoms. The fourth-order valence-electron chi connectivity index (χ4n) is 4.03. The summed E-state index contributed by atoms with van der Waals surface area (Å²) in [5, 5.41) is 0. The second kappa shape index (κ2) is 6.66. The number of H-pyrrole nitrogens is 1. The number of nitrogens with one attached hydrogen (secondary N) is 1. The fraction of sp³-hybridized carbons (Fsp3) is 0.130. The van der Waals surface area contributed by atoms with Gasteiger partial charge in [-0.05, 0) is 29.3 Å². The van der Waals surface area contributed by atoms with Gasteiger partial charge in [0, 0.05) is 17.7 Å².